The molecule has 4 atom stereocenters. The third-order valence-corrected chi connectivity index (χ3v) is 3.56. The molecule has 0 spiro atoms. The number of aromatic nitrogens is 2. The highest BCUT2D eigenvalue weighted by Gasteiger charge is 2.45. The number of phosphoric acid groups is 1. The van der Waals surface area contributed by atoms with Crippen molar-refractivity contribution < 1.29 is 33.8 Å². The van der Waals surface area contributed by atoms with Crippen molar-refractivity contribution in [1.82, 2.24) is 9.55 Å². The zero-order valence-electron chi connectivity index (χ0n) is 11.6. The second-order valence-electron chi connectivity index (χ2n) is 4.65. The van der Waals surface area contributed by atoms with Gasteiger partial charge < -0.3 is 33.8 Å². The van der Waals surface area contributed by atoms with Crippen LogP contribution in [0.5, 0.6) is 0 Å². The molecule has 1 unspecified atom stereocenters. The Kier molecular flexibility index (Phi) is 5.22. The summed E-state index contributed by atoms with van der Waals surface area (Å²) < 4.78 is 20.1. The van der Waals surface area contributed by atoms with Crippen LogP contribution in [0.4, 0.5) is 5.82 Å². The molecule has 0 aliphatic carbocycles. The molecule has 0 aromatic carbocycles. The van der Waals surface area contributed by atoms with E-state index >= 15 is 0 Å². The molecule has 0 radical (unpaired) electrons. The second kappa shape index (κ2) is 6.84. The van der Waals surface area contributed by atoms with Crippen LogP contribution in [0.3, 0.4) is 0 Å². The van der Waals surface area contributed by atoms with Gasteiger partial charge in [0.05, 0.1) is 14.4 Å². The molecule has 132 valence electrons. The Labute approximate surface area is 131 Å². The van der Waals surface area contributed by atoms with Crippen molar-refractivity contribution in [3.05, 3.63) is 37.3 Å². The van der Waals surface area contributed by atoms with E-state index in [0.717, 1.165) is 6.07 Å². The third-order valence-electron chi connectivity index (χ3n) is 3.09. The molecule has 2 rings (SSSR count). The molecule has 1 fully saturated rings. The summed E-state index contributed by atoms with van der Waals surface area (Å²) in [7, 11) is -5.35. The molecule has 1 saturated heterocycles. The molecule has 1 aliphatic rings. The SMILES string of the molecule is [N-]=[N+]=Nc1cc(=O)[nH]c(=O)n1[C@@H]1O[C@H](COP(=O)([O-])[O-])[C@H](O)C1O. The van der Waals surface area contributed by atoms with E-state index in [-0.39, 0.29) is 0 Å². The van der Waals surface area contributed by atoms with Crippen LogP contribution in [-0.4, -0.2) is 44.7 Å². The van der Waals surface area contributed by atoms with E-state index in [9.17, 15) is 34.2 Å². The predicted molar refractivity (Wildman–Crippen MR) is 69.6 cm³/mol. The summed E-state index contributed by atoms with van der Waals surface area (Å²) in [5, 5.41) is 22.9. The summed E-state index contributed by atoms with van der Waals surface area (Å²) in [6.07, 6.45) is -6.60. The van der Waals surface area contributed by atoms with Crippen LogP contribution in [0.2, 0.25) is 0 Å². The molecular weight excluding hydrogens is 353 g/mol. The smallest absolute Gasteiger partial charge is 0.330 e. The number of aromatic amines is 1. The van der Waals surface area contributed by atoms with E-state index in [0.29, 0.717) is 4.57 Å². The van der Waals surface area contributed by atoms with Crippen molar-refractivity contribution in [1.29, 1.82) is 0 Å². The van der Waals surface area contributed by atoms with Gasteiger partial charge in [-0.3, -0.25) is 14.3 Å². The van der Waals surface area contributed by atoms with Crippen molar-refractivity contribution >= 4 is 13.6 Å². The minimum atomic E-state index is -5.35. The highest BCUT2D eigenvalue weighted by atomic mass is 31.2. The lowest BCUT2D eigenvalue weighted by molar-refractivity contribution is -0.343. The number of hydrogen-bond donors (Lipinski definition) is 3. The van der Waals surface area contributed by atoms with Gasteiger partial charge in [-0.1, -0.05) is 0 Å². The molecule has 0 amide bonds. The van der Waals surface area contributed by atoms with Gasteiger partial charge in [-0.2, -0.15) is 0 Å². The van der Waals surface area contributed by atoms with Crippen molar-refractivity contribution in [2.24, 2.45) is 5.11 Å². The van der Waals surface area contributed by atoms with Gasteiger partial charge in [-0.15, -0.1) is 0 Å². The van der Waals surface area contributed by atoms with Gasteiger partial charge in [0.2, 0.25) is 0 Å². The molecule has 0 saturated carbocycles. The summed E-state index contributed by atoms with van der Waals surface area (Å²) in [5.74, 6) is -0.512. The fraction of sp³-hybridized carbons (Fsp3) is 0.556. The number of nitrogens with one attached hydrogen (secondary N) is 1. The Morgan fingerprint density at radius 3 is 2.71 bits per heavy atom. The first-order chi connectivity index (χ1) is 11.1. The van der Waals surface area contributed by atoms with Crippen LogP contribution < -0.4 is 21.0 Å². The van der Waals surface area contributed by atoms with Crippen LogP contribution in [0.25, 0.3) is 10.4 Å². The maximum atomic E-state index is 11.9. The van der Waals surface area contributed by atoms with Gasteiger partial charge in [0.15, 0.2) is 6.23 Å². The Morgan fingerprint density at radius 1 is 1.46 bits per heavy atom. The average Bonchev–Trinajstić information content (AvgIpc) is 2.72. The lowest BCUT2D eigenvalue weighted by Crippen LogP contribution is -2.38. The van der Waals surface area contributed by atoms with Crippen LogP contribution in [0.15, 0.2) is 20.8 Å². The van der Waals surface area contributed by atoms with Gasteiger partial charge >= 0.3 is 5.69 Å². The average molecular weight is 363 g/mol. The zero-order valence-corrected chi connectivity index (χ0v) is 12.5. The van der Waals surface area contributed by atoms with E-state index in [1.807, 2.05) is 4.98 Å². The summed E-state index contributed by atoms with van der Waals surface area (Å²) in [4.78, 5) is 48.3. The van der Waals surface area contributed by atoms with Crippen LogP contribution in [-0.2, 0) is 13.8 Å². The van der Waals surface area contributed by atoms with Crippen LogP contribution in [0, 0.1) is 0 Å². The van der Waals surface area contributed by atoms with Gasteiger partial charge in [0.1, 0.15) is 24.1 Å². The van der Waals surface area contributed by atoms with E-state index < -0.39 is 56.0 Å². The number of aliphatic hydroxyl groups is 2. The van der Waals surface area contributed by atoms with E-state index in [1.165, 1.54) is 0 Å². The number of hydrogen-bond acceptors (Lipinski definition) is 10. The molecule has 3 N–H and O–H groups in total. The first-order valence-electron chi connectivity index (χ1n) is 6.23. The predicted octanol–water partition coefficient (Wildman–Crippen LogP) is -3.06. The third kappa shape index (κ3) is 3.90. The molecule has 14 nitrogen and oxygen atoms in total. The number of ether oxygens (including phenoxy) is 1. The summed E-state index contributed by atoms with van der Waals surface area (Å²) in [6.45, 7) is -0.909. The number of H-pyrrole nitrogens is 1. The molecular formula is C9H10N5O9P-2. The zero-order chi connectivity index (χ0) is 18.1. The lowest BCUT2D eigenvalue weighted by Gasteiger charge is -2.30. The molecule has 1 aromatic heterocycles. The van der Waals surface area contributed by atoms with Crippen molar-refractivity contribution in [2.75, 3.05) is 6.61 Å². The van der Waals surface area contributed by atoms with E-state index in [1.54, 1.807) is 0 Å². The maximum absolute atomic E-state index is 11.9. The molecule has 2 heterocycles. The highest BCUT2D eigenvalue weighted by molar-refractivity contribution is 7.43. The molecule has 24 heavy (non-hydrogen) atoms. The summed E-state index contributed by atoms with van der Waals surface area (Å²) in [6, 6.07) is 0.747. The van der Waals surface area contributed by atoms with E-state index in [4.69, 9.17) is 10.3 Å². The summed E-state index contributed by atoms with van der Waals surface area (Å²) >= 11 is 0. The van der Waals surface area contributed by atoms with Crippen molar-refractivity contribution in [2.45, 2.75) is 24.5 Å². The van der Waals surface area contributed by atoms with E-state index in [2.05, 4.69) is 14.5 Å². The lowest BCUT2D eigenvalue weighted by atomic mass is 10.1. The van der Waals surface area contributed by atoms with Gasteiger partial charge in [0, 0.05) is 11.0 Å². The normalized spacial score (nSPS) is 27.0. The maximum Gasteiger partial charge on any atom is 0.330 e. The first kappa shape index (κ1) is 18.3. The highest BCUT2D eigenvalue weighted by Crippen LogP contribution is 2.33. The van der Waals surface area contributed by atoms with Gasteiger partial charge in [0.25, 0.3) is 5.56 Å². The minimum Gasteiger partial charge on any atom is -0.790 e. The number of aliphatic hydroxyl groups excluding tert-OH is 2. The number of phosphoric ester groups is 1. The number of rotatable bonds is 5. The van der Waals surface area contributed by atoms with Crippen LogP contribution in [0.1, 0.15) is 6.23 Å². The van der Waals surface area contributed by atoms with Gasteiger partial charge in [-0.05, 0) is 10.6 Å². The minimum absolute atomic E-state index is 0.512. The van der Waals surface area contributed by atoms with Crippen LogP contribution >= 0.6 is 7.82 Å². The summed E-state index contributed by atoms with van der Waals surface area (Å²) in [5.41, 5.74) is 6.48. The Balaban J connectivity index is 2.36. The Hall–Kier alpha value is -2.02. The fourth-order valence-corrected chi connectivity index (χ4v) is 2.44. The topological polar surface area (TPSA) is 226 Å². The van der Waals surface area contributed by atoms with Crippen molar-refractivity contribution in [3.8, 4) is 0 Å². The number of azide groups is 1. The largest absolute Gasteiger partial charge is 0.790 e. The first-order valence-corrected chi connectivity index (χ1v) is 7.69. The number of nitrogens with zero attached hydrogens (tertiary/aromatic N) is 4. The molecule has 15 heteroatoms. The van der Waals surface area contributed by atoms with Gasteiger partial charge in [-0.25, -0.2) is 4.79 Å². The molecule has 0 bridgehead atoms. The fourth-order valence-electron chi connectivity index (χ4n) is 2.11. The van der Waals surface area contributed by atoms with Crippen molar-refractivity contribution in [3.63, 3.8) is 0 Å². The monoisotopic (exact) mass is 363 g/mol. The molecule has 1 aliphatic heterocycles. The second-order valence-corrected chi connectivity index (χ2v) is 5.80. The standard InChI is InChI=1S/C9H12N5O9P/c10-13-12-4-1-5(15)11-9(18)14(4)8-7(17)6(16)3(23-8)2-22-24(19,20)21/h1,3,6-8,16-17H,2H2,(H,11,15,18)(H2,19,20,21)/p-2/t3-,6+,7?,8-/m1/s1. The quantitative estimate of drug-likeness (QED) is 0.208. The Bertz CT molecular complexity index is 823. The Morgan fingerprint density at radius 2 is 2.12 bits per heavy atom. The molecule has 1 aromatic rings.